The summed E-state index contributed by atoms with van der Waals surface area (Å²) in [5.41, 5.74) is 2.94. The van der Waals surface area contributed by atoms with E-state index in [0.29, 0.717) is 11.4 Å². The van der Waals surface area contributed by atoms with Crippen molar-refractivity contribution < 1.29 is 5.11 Å². The van der Waals surface area contributed by atoms with Gasteiger partial charge in [0, 0.05) is 5.56 Å². The normalized spacial score (nSPS) is 11.0. The lowest BCUT2D eigenvalue weighted by Crippen LogP contribution is -2.16. The van der Waals surface area contributed by atoms with E-state index < -0.39 is 0 Å². The number of H-pyrrole nitrogens is 1. The van der Waals surface area contributed by atoms with Crippen LogP contribution < -0.4 is 5.56 Å². The fraction of sp³-hybridized carbons (Fsp3) is 0.333. The molecule has 1 heterocycles. The van der Waals surface area contributed by atoms with E-state index in [1.807, 2.05) is 45.9 Å². The molecule has 0 aliphatic rings. The highest BCUT2D eigenvalue weighted by atomic mass is 16.3. The summed E-state index contributed by atoms with van der Waals surface area (Å²) in [5.74, 6) is 0.169. The minimum Gasteiger partial charge on any atom is -0.493 e. The molecule has 2 rings (SSSR count). The molecule has 0 saturated carbocycles. The molecular weight excluding hydrogens is 240 g/mol. The summed E-state index contributed by atoms with van der Waals surface area (Å²) in [4.78, 5) is 19.0. The predicted molar refractivity (Wildman–Crippen MR) is 75.5 cm³/mol. The number of aryl methyl sites for hydroxylation is 2. The summed E-state index contributed by atoms with van der Waals surface area (Å²) in [7, 11) is 0. The van der Waals surface area contributed by atoms with E-state index in [9.17, 15) is 9.90 Å². The molecule has 19 heavy (non-hydrogen) atoms. The quantitative estimate of drug-likeness (QED) is 0.870. The number of aromatic hydroxyl groups is 1. The van der Waals surface area contributed by atoms with Crippen molar-refractivity contribution in [3.63, 3.8) is 0 Å². The average molecular weight is 258 g/mol. The summed E-state index contributed by atoms with van der Waals surface area (Å²) in [5, 5.41) is 9.95. The Kier molecular flexibility index (Phi) is 3.42. The number of rotatable bonds is 2. The zero-order valence-electron chi connectivity index (χ0n) is 11.6. The Morgan fingerprint density at radius 1 is 1.21 bits per heavy atom. The van der Waals surface area contributed by atoms with Gasteiger partial charge in [-0.1, -0.05) is 32.0 Å². The van der Waals surface area contributed by atoms with Crippen LogP contribution in [-0.4, -0.2) is 15.1 Å². The van der Waals surface area contributed by atoms with Crippen LogP contribution in [-0.2, 0) is 0 Å². The first-order chi connectivity index (χ1) is 8.91. The van der Waals surface area contributed by atoms with Gasteiger partial charge in [0.05, 0.1) is 5.56 Å². The average Bonchev–Trinajstić information content (AvgIpc) is 2.26. The van der Waals surface area contributed by atoms with Gasteiger partial charge in [-0.05, 0) is 30.9 Å². The lowest BCUT2D eigenvalue weighted by atomic mass is 10.0. The number of nitrogens with zero attached hydrogens (tertiary/aromatic N) is 1. The van der Waals surface area contributed by atoms with Gasteiger partial charge in [-0.3, -0.25) is 4.79 Å². The molecular formula is C15H18N2O2. The second kappa shape index (κ2) is 4.88. The van der Waals surface area contributed by atoms with E-state index in [2.05, 4.69) is 9.97 Å². The van der Waals surface area contributed by atoms with Gasteiger partial charge in [0.15, 0.2) is 0 Å². The number of aromatic amines is 1. The van der Waals surface area contributed by atoms with Gasteiger partial charge in [0.2, 0.25) is 5.88 Å². The van der Waals surface area contributed by atoms with Crippen LogP contribution in [0.5, 0.6) is 5.88 Å². The monoisotopic (exact) mass is 258 g/mol. The van der Waals surface area contributed by atoms with Crippen LogP contribution in [0.1, 0.15) is 36.5 Å². The number of hydrogen-bond acceptors (Lipinski definition) is 3. The standard InChI is InChI=1S/C15H18N2O2/c1-8(2)11-14(18)16-13(17-15(11)19)12-9(3)6-5-7-10(12)4/h5-8H,1-4H3,(H2,16,17,18,19). The van der Waals surface area contributed by atoms with Crippen molar-refractivity contribution in [3.05, 3.63) is 45.2 Å². The van der Waals surface area contributed by atoms with E-state index in [1.54, 1.807) is 0 Å². The van der Waals surface area contributed by atoms with Crippen LogP contribution in [0.25, 0.3) is 11.4 Å². The molecule has 1 aromatic carbocycles. The van der Waals surface area contributed by atoms with Crippen LogP contribution in [0.3, 0.4) is 0 Å². The van der Waals surface area contributed by atoms with Crippen LogP contribution in [0.15, 0.2) is 23.0 Å². The topological polar surface area (TPSA) is 66.0 Å². The first-order valence-corrected chi connectivity index (χ1v) is 6.31. The minimum absolute atomic E-state index is 0.0664. The summed E-state index contributed by atoms with van der Waals surface area (Å²) < 4.78 is 0. The van der Waals surface area contributed by atoms with Crippen LogP contribution >= 0.6 is 0 Å². The molecule has 4 heteroatoms. The molecule has 0 aliphatic carbocycles. The molecule has 0 atom stereocenters. The second-order valence-corrected chi connectivity index (χ2v) is 5.07. The fourth-order valence-corrected chi connectivity index (χ4v) is 2.30. The highest BCUT2D eigenvalue weighted by Crippen LogP contribution is 2.26. The maximum Gasteiger partial charge on any atom is 0.258 e. The van der Waals surface area contributed by atoms with Crippen molar-refractivity contribution in [1.29, 1.82) is 0 Å². The van der Waals surface area contributed by atoms with E-state index in [-0.39, 0.29) is 17.4 Å². The maximum absolute atomic E-state index is 12.0. The second-order valence-electron chi connectivity index (χ2n) is 5.07. The highest BCUT2D eigenvalue weighted by Gasteiger charge is 2.16. The van der Waals surface area contributed by atoms with Gasteiger partial charge < -0.3 is 10.1 Å². The fourth-order valence-electron chi connectivity index (χ4n) is 2.30. The number of benzene rings is 1. The molecule has 4 nitrogen and oxygen atoms in total. The summed E-state index contributed by atoms with van der Waals surface area (Å²) >= 11 is 0. The Bertz CT molecular complexity index is 652. The number of aromatic nitrogens is 2. The van der Waals surface area contributed by atoms with Crippen LogP contribution in [0.2, 0.25) is 0 Å². The molecule has 2 aromatic rings. The Balaban J connectivity index is 2.69. The van der Waals surface area contributed by atoms with Crippen molar-refractivity contribution in [2.45, 2.75) is 33.6 Å². The molecule has 0 unspecified atom stereocenters. The lowest BCUT2D eigenvalue weighted by Gasteiger charge is -2.11. The van der Waals surface area contributed by atoms with Crippen LogP contribution in [0.4, 0.5) is 0 Å². The third-order valence-electron chi connectivity index (χ3n) is 3.23. The van der Waals surface area contributed by atoms with Gasteiger partial charge in [-0.25, -0.2) is 0 Å². The highest BCUT2D eigenvalue weighted by molar-refractivity contribution is 5.64. The molecule has 0 saturated heterocycles. The summed E-state index contributed by atoms with van der Waals surface area (Å²) in [6, 6.07) is 5.86. The van der Waals surface area contributed by atoms with Gasteiger partial charge in [-0.2, -0.15) is 4.98 Å². The van der Waals surface area contributed by atoms with Gasteiger partial charge in [0.25, 0.3) is 5.56 Å². The molecule has 0 spiro atoms. The number of hydrogen-bond donors (Lipinski definition) is 2. The summed E-state index contributed by atoms with van der Waals surface area (Å²) in [6.07, 6.45) is 0. The molecule has 0 amide bonds. The molecule has 0 radical (unpaired) electrons. The Labute approximate surface area is 112 Å². The predicted octanol–water partition coefficient (Wildman–Crippen LogP) is 2.88. The van der Waals surface area contributed by atoms with E-state index in [1.165, 1.54) is 0 Å². The van der Waals surface area contributed by atoms with E-state index in [4.69, 9.17) is 0 Å². The Morgan fingerprint density at radius 2 is 1.79 bits per heavy atom. The lowest BCUT2D eigenvalue weighted by molar-refractivity contribution is 0.440. The first-order valence-electron chi connectivity index (χ1n) is 6.31. The first kappa shape index (κ1) is 13.3. The molecule has 1 aromatic heterocycles. The number of nitrogens with one attached hydrogen (secondary N) is 1. The van der Waals surface area contributed by atoms with Crippen molar-refractivity contribution in [3.8, 4) is 17.3 Å². The molecule has 2 N–H and O–H groups in total. The van der Waals surface area contributed by atoms with E-state index >= 15 is 0 Å². The molecule has 0 bridgehead atoms. The van der Waals surface area contributed by atoms with Crippen molar-refractivity contribution in [1.82, 2.24) is 9.97 Å². The van der Waals surface area contributed by atoms with Gasteiger partial charge >= 0.3 is 0 Å². The van der Waals surface area contributed by atoms with Crippen molar-refractivity contribution in [2.24, 2.45) is 0 Å². The smallest absolute Gasteiger partial charge is 0.258 e. The third kappa shape index (κ3) is 2.38. The van der Waals surface area contributed by atoms with Crippen molar-refractivity contribution >= 4 is 0 Å². The molecule has 100 valence electrons. The Morgan fingerprint density at radius 3 is 2.26 bits per heavy atom. The summed E-state index contributed by atoms with van der Waals surface area (Å²) in [6.45, 7) is 7.61. The largest absolute Gasteiger partial charge is 0.493 e. The third-order valence-corrected chi connectivity index (χ3v) is 3.23. The van der Waals surface area contributed by atoms with Gasteiger partial charge in [-0.15, -0.1) is 0 Å². The molecule has 0 aliphatic heterocycles. The zero-order chi connectivity index (χ0) is 14.2. The minimum atomic E-state index is -0.278. The molecule has 0 fully saturated rings. The maximum atomic E-state index is 12.0. The van der Waals surface area contributed by atoms with Crippen LogP contribution in [0, 0.1) is 13.8 Å². The zero-order valence-corrected chi connectivity index (χ0v) is 11.6. The Hall–Kier alpha value is -2.10. The SMILES string of the molecule is Cc1cccc(C)c1-c1nc(O)c(C(C)C)c(=O)[nH]1. The van der Waals surface area contributed by atoms with Gasteiger partial charge in [0.1, 0.15) is 5.82 Å². The van der Waals surface area contributed by atoms with E-state index in [0.717, 1.165) is 16.7 Å². The van der Waals surface area contributed by atoms with Crippen molar-refractivity contribution in [2.75, 3.05) is 0 Å².